The number of nitrogens with zero attached hydrogens (tertiary/aromatic N) is 3. The quantitative estimate of drug-likeness (QED) is 0.538. The third-order valence-electron chi connectivity index (χ3n) is 6.10. The summed E-state index contributed by atoms with van der Waals surface area (Å²) in [6.07, 6.45) is 0.196. The smallest absolute Gasteiger partial charge is 0.306 e. The van der Waals surface area contributed by atoms with Crippen LogP contribution in [0.5, 0.6) is 0 Å². The van der Waals surface area contributed by atoms with Crippen LogP contribution in [0.15, 0.2) is 48.5 Å². The van der Waals surface area contributed by atoms with Crippen molar-refractivity contribution in [2.24, 2.45) is 0 Å². The molecule has 1 amide bonds. The maximum absolute atomic E-state index is 13.3. The molecule has 1 atom stereocenters. The topological polar surface area (TPSA) is 65.1 Å². The Morgan fingerprint density at radius 3 is 2.24 bits per heavy atom. The minimum absolute atomic E-state index is 0.0122. The van der Waals surface area contributed by atoms with Crippen molar-refractivity contribution < 1.29 is 18.7 Å². The maximum atomic E-state index is 13.3. The van der Waals surface area contributed by atoms with E-state index in [1.54, 1.807) is 6.92 Å². The van der Waals surface area contributed by atoms with Crippen molar-refractivity contribution in [2.45, 2.75) is 25.8 Å². The van der Waals surface area contributed by atoms with Gasteiger partial charge in [-0.05, 0) is 48.9 Å². The molecule has 0 bridgehead atoms. The van der Waals surface area contributed by atoms with Crippen LogP contribution < -0.4 is 15.1 Å². The van der Waals surface area contributed by atoms with E-state index in [4.69, 9.17) is 4.74 Å². The summed E-state index contributed by atoms with van der Waals surface area (Å²) in [5, 5.41) is 3.01. The number of benzene rings is 2. The SMILES string of the molecule is CCOC(=O)CCC(=O)NCC(c1ccc(N(C)C)cc1)N1CCN(c2ccc(F)cc2)CC1. The molecule has 7 nitrogen and oxygen atoms in total. The fourth-order valence-corrected chi connectivity index (χ4v) is 4.14. The third-order valence-corrected chi connectivity index (χ3v) is 6.10. The second-order valence-electron chi connectivity index (χ2n) is 8.61. The zero-order chi connectivity index (χ0) is 24.5. The number of nitrogens with one attached hydrogen (secondary N) is 1. The second kappa shape index (κ2) is 12.4. The van der Waals surface area contributed by atoms with Gasteiger partial charge in [-0.25, -0.2) is 4.39 Å². The van der Waals surface area contributed by atoms with Gasteiger partial charge in [0.2, 0.25) is 5.91 Å². The molecule has 34 heavy (non-hydrogen) atoms. The van der Waals surface area contributed by atoms with E-state index in [-0.39, 0.29) is 36.6 Å². The molecule has 0 radical (unpaired) electrons. The molecule has 1 aliphatic rings. The van der Waals surface area contributed by atoms with Gasteiger partial charge in [0.25, 0.3) is 0 Å². The number of esters is 1. The molecule has 0 saturated carbocycles. The van der Waals surface area contributed by atoms with Crippen molar-refractivity contribution in [3.8, 4) is 0 Å². The van der Waals surface area contributed by atoms with Crippen molar-refractivity contribution in [1.29, 1.82) is 0 Å². The fourth-order valence-electron chi connectivity index (χ4n) is 4.14. The van der Waals surface area contributed by atoms with Crippen molar-refractivity contribution in [3.05, 3.63) is 59.9 Å². The Hall–Kier alpha value is -3.13. The molecular weight excluding hydrogens is 435 g/mol. The Bertz CT molecular complexity index is 926. The van der Waals surface area contributed by atoms with Gasteiger partial charge in [-0.3, -0.25) is 14.5 Å². The van der Waals surface area contributed by atoms with Crippen LogP contribution in [-0.4, -0.2) is 70.2 Å². The highest BCUT2D eigenvalue weighted by Gasteiger charge is 2.26. The zero-order valence-corrected chi connectivity index (χ0v) is 20.3. The zero-order valence-electron chi connectivity index (χ0n) is 20.3. The maximum Gasteiger partial charge on any atom is 0.306 e. The molecule has 2 aromatic rings. The monoisotopic (exact) mass is 470 g/mol. The molecule has 0 aromatic heterocycles. The Labute approximate surface area is 201 Å². The molecule has 184 valence electrons. The number of amides is 1. The van der Waals surface area contributed by atoms with Gasteiger partial charge in [0.1, 0.15) is 5.82 Å². The van der Waals surface area contributed by atoms with Gasteiger partial charge in [-0.2, -0.15) is 0 Å². The van der Waals surface area contributed by atoms with Crippen LogP contribution in [0, 0.1) is 5.82 Å². The van der Waals surface area contributed by atoms with Crippen LogP contribution in [0.4, 0.5) is 15.8 Å². The number of rotatable bonds is 10. The van der Waals surface area contributed by atoms with Crippen molar-refractivity contribution in [1.82, 2.24) is 10.2 Å². The lowest BCUT2D eigenvalue weighted by Gasteiger charge is -2.40. The summed E-state index contributed by atoms with van der Waals surface area (Å²) < 4.78 is 18.2. The van der Waals surface area contributed by atoms with E-state index >= 15 is 0 Å². The highest BCUT2D eigenvalue weighted by molar-refractivity contribution is 5.81. The lowest BCUT2D eigenvalue weighted by atomic mass is 10.0. The minimum Gasteiger partial charge on any atom is -0.466 e. The van der Waals surface area contributed by atoms with Gasteiger partial charge in [0, 0.05) is 64.6 Å². The first-order valence-corrected chi connectivity index (χ1v) is 11.8. The number of carbonyl (C=O) groups is 2. The lowest BCUT2D eigenvalue weighted by molar-refractivity contribution is -0.144. The van der Waals surface area contributed by atoms with E-state index < -0.39 is 0 Å². The predicted molar refractivity (Wildman–Crippen MR) is 133 cm³/mol. The van der Waals surface area contributed by atoms with E-state index in [0.29, 0.717) is 13.2 Å². The van der Waals surface area contributed by atoms with Gasteiger partial charge in [0.15, 0.2) is 0 Å². The Morgan fingerprint density at radius 1 is 1.00 bits per heavy atom. The molecule has 1 unspecified atom stereocenters. The molecular formula is C26H35FN4O3. The largest absolute Gasteiger partial charge is 0.466 e. The molecule has 1 saturated heterocycles. The standard InChI is InChI=1S/C26H35FN4O3/c1-4-34-26(33)14-13-25(32)28-19-24(20-5-9-22(10-6-20)29(2)3)31-17-15-30(16-18-31)23-11-7-21(27)8-12-23/h5-12,24H,4,13-19H2,1-3H3,(H,28,32). The molecule has 1 fully saturated rings. The average molecular weight is 471 g/mol. The van der Waals surface area contributed by atoms with Gasteiger partial charge in [0.05, 0.1) is 19.1 Å². The molecule has 1 heterocycles. The van der Waals surface area contributed by atoms with E-state index in [1.807, 2.05) is 26.2 Å². The molecule has 1 N–H and O–H groups in total. The van der Waals surface area contributed by atoms with Gasteiger partial charge in [-0.15, -0.1) is 0 Å². The van der Waals surface area contributed by atoms with E-state index in [0.717, 1.165) is 43.1 Å². The summed E-state index contributed by atoms with van der Waals surface area (Å²) in [4.78, 5) is 30.6. The van der Waals surface area contributed by atoms with E-state index in [2.05, 4.69) is 44.3 Å². The minimum atomic E-state index is -0.356. The second-order valence-corrected chi connectivity index (χ2v) is 8.61. The molecule has 0 spiro atoms. The summed E-state index contributed by atoms with van der Waals surface area (Å²) in [5.74, 6) is -0.749. The predicted octanol–water partition coefficient (Wildman–Crippen LogP) is 3.21. The van der Waals surface area contributed by atoms with Crippen LogP contribution in [0.2, 0.25) is 0 Å². The number of halogens is 1. The molecule has 3 rings (SSSR count). The van der Waals surface area contributed by atoms with E-state index in [9.17, 15) is 14.0 Å². The number of anilines is 2. The summed E-state index contributed by atoms with van der Waals surface area (Å²) in [5.41, 5.74) is 3.26. The van der Waals surface area contributed by atoms with Crippen LogP contribution in [0.1, 0.15) is 31.4 Å². The number of ether oxygens (including phenoxy) is 1. The van der Waals surface area contributed by atoms with Crippen molar-refractivity contribution in [2.75, 3.05) is 63.2 Å². The first kappa shape index (κ1) is 25.5. The molecule has 2 aromatic carbocycles. The first-order chi connectivity index (χ1) is 16.4. The number of piperazine rings is 1. The molecule has 0 aliphatic carbocycles. The van der Waals surface area contributed by atoms with Crippen LogP contribution >= 0.6 is 0 Å². The van der Waals surface area contributed by atoms with Crippen LogP contribution in [0.25, 0.3) is 0 Å². The van der Waals surface area contributed by atoms with Crippen molar-refractivity contribution in [3.63, 3.8) is 0 Å². The highest BCUT2D eigenvalue weighted by atomic mass is 19.1. The normalized spacial score (nSPS) is 15.0. The Morgan fingerprint density at radius 2 is 1.65 bits per heavy atom. The number of hydrogen-bond acceptors (Lipinski definition) is 6. The number of carbonyl (C=O) groups excluding carboxylic acids is 2. The number of hydrogen-bond donors (Lipinski definition) is 1. The van der Waals surface area contributed by atoms with Gasteiger partial charge in [-0.1, -0.05) is 12.1 Å². The summed E-state index contributed by atoms with van der Waals surface area (Å²) >= 11 is 0. The lowest BCUT2D eigenvalue weighted by Crippen LogP contribution is -2.50. The van der Waals surface area contributed by atoms with Crippen molar-refractivity contribution >= 4 is 23.3 Å². The third kappa shape index (κ3) is 7.18. The Kier molecular flexibility index (Phi) is 9.27. The van der Waals surface area contributed by atoms with E-state index in [1.165, 1.54) is 12.1 Å². The summed E-state index contributed by atoms with van der Waals surface area (Å²) in [7, 11) is 4.01. The van der Waals surface area contributed by atoms with Gasteiger partial charge >= 0.3 is 5.97 Å². The summed E-state index contributed by atoms with van der Waals surface area (Å²) in [6, 6.07) is 15.0. The van der Waals surface area contributed by atoms with Gasteiger partial charge < -0.3 is 19.9 Å². The van der Waals surface area contributed by atoms with Crippen LogP contribution in [0.3, 0.4) is 0 Å². The Balaban J connectivity index is 1.65. The highest BCUT2D eigenvalue weighted by Crippen LogP contribution is 2.26. The first-order valence-electron chi connectivity index (χ1n) is 11.8. The van der Waals surface area contributed by atoms with Crippen LogP contribution in [-0.2, 0) is 14.3 Å². The molecule has 1 aliphatic heterocycles. The average Bonchev–Trinajstić information content (AvgIpc) is 2.84. The molecule has 8 heteroatoms. The summed E-state index contributed by atoms with van der Waals surface area (Å²) in [6.45, 7) is 5.78. The fraction of sp³-hybridized carbons (Fsp3) is 0.462.